The van der Waals surface area contributed by atoms with Gasteiger partial charge in [-0.3, -0.25) is 19.3 Å². The van der Waals surface area contributed by atoms with E-state index in [1.807, 2.05) is 36.6 Å². The second-order valence-electron chi connectivity index (χ2n) is 8.16. The van der Waals surface area contributed by atoms with Crippen molar-refractivity contribution in [1.29, 1.82) is 0 Å². The van der Waals surface area contributed by atoms with E-state index in [4.69, 9.17) is 0 Å². The van der Waals surface area contributed by atoms with Crippen molar-refractivity contribution in [3.05, 3.63) is 69.5 Å². The molecule has 0 fully saturated rings. The van der Waals surface area contributed by atoms with Crippen LogP contribution in [-0.4, -0.2) is 33.1 Å². The lowest BCUT2D eigenvalue weighted by Crippen LogP contribution is -2.45. The second-order valence-corrected chi connectivity index (χ2v) is 9.22. The smallest absolute Gasteiger partial charge is 0.262 e. The van der Waals surface area contributed by atoms with Crippen LogP contribution in [0.15, 0.2) is 47.8 Å². The van der Waals surface area contributed by atoms with Gasteiger partial charge in [-0.05, 0) is 58.0 Å². The van der Waals surface area contributed by atoms with Crippen molar-refractivity contribution in [2.24, 2.45) is 0 Å². The number of thiazole rings is 1. The summed E-state index contributed by atoms with van der Waals surface area (Å²) in [6.07, 6.45) is 0. The molecule has 2 aromatic carbocycles. The molecule has 1 aromatic heterocycles. The Kier molecular flexibility index (Phi) is 4.78. The molecule has 0 saturated carbocycles. The molecule has 0 aliphatic carbocycles. The van der Waals surface area contributed by atoms with Gasteiger partial charge < -0.3 is 5.32 Å². The maximum atomic E-state index is 12.7. The van der Waals surface area contributed by atoms with Gasteiger partial charge in [0.1, 0.15) is 0 Å². The van der Waals surface area contributed by atoms with Gasteiger partial charge in [-0.2, -0.15) is 0 Å². The second kappa shape index (κ2) is 7.18. The summed E-state index contributed by atoms with van der Waals surface area (Å²) in [6, 6.07) is 12.0. The molecule has 0 bridgehead atoms. The maximum absolute atomic E-state index is 12.7. The lowest BCUT2D eigenvalue weighted by molar-refractivity contribution is 0.0507. The van der Waals surface area contributed by atoms with Crippen molar-refractivity contribution in [3.63, 3.8) is 0 Å². The lowest BCUT2D eigenvalue weighted by atomic mass is 10.1. The number of carbonyl (C=O) groups is 3. The number of nitrogens with zero attached hydrogens (tertiary/aromatic N) is 2. The van der Waals surface area contributed by atoms with Crippen molar-refractivity contribution in [3.8, 4) is 11.3 Å². The number of carbonyl (C=O) groups excluding carboxylic acids is 3. The molecule has 3 aromatic rings. The first-order valence-electron chi connectivity index (χ1n) is 9.52. The van der Waals surface area contributed by atoms with Crippen LogP contribution in [0.2, 0.25) is 0 Å². The normalized spacial score (nSPS) is 13.5. The topological polar surface area (TPSA) is 79.4 Å². The Balaban J connectivity index is 1.54. The number of imide groups is 1. The van der Waals surface area contributed by atoms with Crippen LogP contribution >= 0.6 is 11.3 Å². The predicted molar refractivity (Wildman–Crippen MR) is 117 cm³/mol. The molecule has 0 atom stereocenters. The first kappa shape index (κ1) is 20.0. The minimum absolute atomic E-state index is 0.261. The number of benzene rings is 2. The summed E-state index contributed by atoms with van der Waals surface area (Å²) in [5.41, 5.74) is 2.79. The number of fused-ring (bicyclic) bond motifs is 1. The van der Waals surface area contributed by atoms with Gasteiger partial charge in [0.25, 0.3) is 17.7 Å². The van der Waals surface area contributed by atoms with Crippen LogP contribution < -0.4 is 5.32 Å². The average molecular weight is 420 g/mol. The van der Waals surface area contributed by atoms with Crippen molar-refractivity contribution in [2.75, 3.05) is 5.32 Å². The zero-order valence-electron chi connectivity index (χ0n) is 17.1. The third-order valence-electron chi connectivity index (χ3n) is 4.88. The minimum atomic E-state index is -0.632. The fourth-order valence-electron chi connectivity index (χ4n) is 3.41. The summed E-state index contributed by atoms with van der Waals surface area (Å²) in [7, 11) is 0. The van der Waals surface area contributed by atoms with E-state index >= 15 is 0 Å². The molecule has 4 rings (SSSR count). The first-order valence-corrected chi connectivity index (χ1v) is 10.4. The molecule has 0 saturated heterocycles. The molecule has 1 aliphatic heterocycles. The molecule has 30 heavy (non-hydrogen) atoms. The highest BCUT2D eigenvalue weighted by Gasteiger charge is 2.42. The molecule has 0 spiro atoms. The van der Waals surface area contributed by atoms with Crippen molar-refractivity contribution in [1.82, 2.24) is 9.88 Å². The van der Waals surface area contributed by atoms with Crippen LogP contribution in [0.25, 0.3) is 11.3 Å². The monoisotopic (exact) mass is 419 g/mol. The van der Waals surface area contributed by atoms with Crippen LogP contribution in [-0.2, 0) is 0 Å². The Morgan fingerprint density at radius 3 is 2.27 bits per heavy atom. The Bertz CT molecular complexity index is 1170. The lowest BCUT2D eigenvalue weighted by Gasteiger charge is -2.29. The van der Waals surface area contributed by atoms with Crippen LogP contribution in [0.4, 0.5) is 5.69 Å². The number of hydrogen-bond acceptors (Lipinski definition) is 5. The average Bonchev–Trinajstić information content (AvgIpc) is 3.23. The van der Waals surface area contributed by atoms with Crippen LogP contribution in [0.1, 0.15) is 56.9 Å². The Labute approximate surface area is 178 Å². The summed E-state index contributed by atoms with van der Waals surface area (Å²) in [6.45, 7) is 7.37. The van der Waals surface area contributed by atoms with Crippen LogP contribution in [0.5, 0.6) is 0 Å². The first-order chi connectivity index (χ1) is 14.1. The Hall–Kier alpha value is -3.32. The molecule has 1 aliphatic rings. The van der Waals surface area contributed by atoms with Crippen molar-refractivity contribution in [2.45, 2.75) is 33.2 Å². The van der Waals surface area contributed by atoms with E-state index in [-0.39, 0.29) is 23.3 Å². The van der Waals surface area contributed by atoms with E-state index < -0.39 is 5.54 Å². The molecule has 6 nitrogen and oxygen atoms in total. The molecule has 1 N–H and O–H groups in total. The highest BCUT2D eigenvalue weighted by atomic mass is 32.1. The summed E-state index contributed by atoms with van der Waals surface area (Å²) in [4.78, 5) is 43.7. The highest BCUT2D eigenvalue weighted by Crippen LogP contribution is 2.30. The van der Waals surface area contributed by atoms with Crippen LogP contribution in [0, 0.1) is 6.92 Å². The van der Waals surface area contributed by atoms with E-state index in [2.05, 4.69) is 10.3 Å². The number of aromatic nitrogens is 1. The Morgan fingerprint density at radius 1 is 1.00 bits per heavy atom. The summed E-state index contributed by atoms with van der Waals surface area (Å²) < 4.78 is 0. The largest absolute Gasteiger partial charge is 0.322 e. The summed E-state index contributed by atoms with van der Waals surface area (Å²) in [5, 5.41) is 5.82. The molecule has 2 heterocycles. The molecular formula is C23H21N3O3S. The van der Waals surface area contributed by atoms with Gasteiger partial charge in [0, 0.05) is 27.7 Å². The van der Waals surface area contributed by atoms with Gasteiger partial charge >= 0.3 is 0 Å². The van der Waals surface area contributed by atoms with Gasteiger partial charge in [-0.15, -0.1) is 11.3 Å². The Morgan fingerprint density at radius 2 is 1.67 bits per heavy atom. The minimum Gasteiger partial charge on any atom is -0.322 e. The van der Waals surface area contributed by atoms with E-state index in [0.717, 1.165) is 16.3 Å². The van der Waals surface area contributed by atoms with Gasteiger partial charge in [0.05, 0.1) is 21.8 Å². The van der Waals surface area contributed by atoms with Gasteiger partial charge in [0.2, 0.25) is 0 Å². The van der Waals surface area contributed by atoms with Crippen molar-refractivity contribution < 1.29 is 14.4 Å². The molecule has 152 valence electrons. The van der Waals surface area contributed by atoms with E-state index in [0.29, 0.717) is 16.8 Å². The predicted octanol–water partition coefficient (Wildman–Crippen LogP) is 4.77. The maximum Gasteiger partial charge on any atom is 0.262 e. The summed E-state index contributed by atoms with van der Waals surface area (Å²) >= 11 is 1.59. The number of anilines is 1. The zero-order chi connectivity index (χ0) is 21.6. The van der Waals surface area contributed by atoms with Gasteiger partial charge in [-0.25, -0.2) is 4.98 Å². The molecule has 0 unspecified atom stereocenters. The molecular weight excluding hydrogens is 398 g/mol. The number of hydrogen-bond donors (Lipinski definition) is 1. The fraction of sp³-hybridized carbons (Fsp3) is 0.217. The number of rotatable bonds is 3. The number of amides is 3. The molecule has 7 heteroatoms. The molecule has 3 amide bonds. The fourth-order valence-corrected chi connectivity index (χ4v) is 4.04. The van der Waals surface area contributed by atoms with Crippen molar-refractivity contribution >= 4 is 34.7 Å². The van der Waals surface area contributed by atoms with E-state index in [9.17, 15) is 14.4 Å². The number of aryl methyl sites for hydroxylation is 1. The van der Waals surface area contributed by atoms with Gasteiger partial charge in [0.15, 0.2) is 0 Å². The standard InChI is InChI=1S/C23H21N3O3S/c1-13-24-19(12-30-13)14-5-8-16(9-6-14)25-20(27)15-7-10-17-18(11-15)22(29)26(21(17)28)23(2,3)4/h5-12H,1-4H3,(H,25,27). The summed E-state index contributed by atoms with van der Waals surface area (Å²) in [5.74, 6) is -1.05. The molecule has 0 radical (unpaired) electrons. The number of nitrogens with one attached hydrogen (secondary N) is 1. The third-order valence-corrected chi connectivity index (χ3v) is 5.65. The zero-order valence-corrected chi connectivity index (χ0v) is 18.0. The van der Waals surface area contributed by atoms with Gasteiger partial charge in [-0.1, -0.05) is 12.1 Å². The highest BCUT2D eigenvalue weighted by molar-refractivity contribution is 7.09. The van der Waals surface area contributed by atoms with E-state index in [1.54, 1.807) is 44.2 Å². The third kappa shape index (κ3) is 3.52. The SMILES string of the molecule is Cc1nc(-c2ccc(NC(=O)c3ccc4c(c3)C(=O)N(C(C)(C)C)C4=O)cc2)cs1. The van der Waals surface area contributed by atoms with E-state index in [1.165, 1.54) is 11.0 Å². The van der Waals surface area contributed by atoms with Crippen LogP contribution in [0.3, 0.4) is 0 Å². The quantitative estimate of drug-likeness (QED) is 0.621.